The lowest BCUT2D eigenvalue weighted by Gasteiger charge is -2.09. The van der Waals surface area contributed by atoms with Gasteiger partial charge in [0.15, 0.2) is 5.82 Å². The zero-order chi connectivity index (χ0) is 20.5. The zero-order valence-corrected chi connectivity index (χ0v) is 18.2. The number of nitrogens with zero attached hydrogens (tertiary/aromatic N) is 2. The molecule has 1 N–H and O–H groups in total. The number of nitrogens with one attached hydrogen (secondary N) is 1. The number of hydrogen-bond acceptors (Lipinski definition) is 3. The minimum Gasteiger partial charge on any atom is -0.265 e. The molecule has 1 heterocycles. The average Bonchev–Trinajstić information content (AvgIpc) is 2.96. The Hall–Kier alpha value is -1.73. The van der Waals surface area contributed by atoms with Gasteiger partial charge in [-0.15, -0.1) is 0 Å². The van der Waals surface area contributed by atoms with Gasteiger partial charge in [0.1, 0.15) is 5.02 Å². The smallest absolute Gasteiger partial charge is 0.263 e. The lowest BCUT2D eigenvalue weighted by Crippen LogP contribution is -2.14. The van der Waals surface area contributed by atoms with Gasteiger partial charge >= 0.3 is 0 Å². The molecule has 0 aliphatic heterocycles. The molecular formula is C19H18Cl3N3O2S. The van der Waals surface area contributed by atoms with Crippen LogP contribution in [-0.4, -0.2) is 18.2 Å². The van der Waals surface area contributed by atoms with Crippen LogP contribution in [0.2, 0.25) is 15.1 Å². The Bertz CT molecular complexity index is 1090. The first kappa shape index (κ1) is 21.0. The topological polar surface area (TPSA) is 64.0 Å². The molecule has 0 bridgehead atoms. The summed E-state index contributed by atoms with van der Waals surface area (Å²) in [6.07, 6.45) is 1.53. The number of halogens is 3. The van der Waals surface area contributed by atoms with Gasteiger partial charge in [0, 0.05) is 16.2 Å². The Morgan fingerprint density at radius 1 is 1.04 bits per heavy atom. The molecule has 0 aliphatic carbocycles. The van der Waals surface area contributed by atoms with Gasteiger partial charge in [0.25, 0.3) is 10.0 Å². The Kier molecular flexibility index (Phi) is 6.25. The summed E-state index contributed by atoms with van der Waals surface area (Å²) in [5.74, 6) is 0.370. The Morgan fingerprint density at radius 2 is 1.71 bits per heavy atom. The first-order valence-corrected chi connectivity index (χ1v) is 11.1. The van der Waals surface area contributed by atoms with Crippen molar-refractivity contribution >= 4 is 50.6 Å². The van der Waals surface area contributed by atoms with Crippen molar-refractivity contribution in [3.8, 4) is 0 Å². The SMILES string of the molecule is CC(C)c1ccc(S(=O)(=O)Nc2nn(Cc3ccc(Cl)cc3Cl)cc2Cl)cc1. The second-order valence-electron chi connectivity index (χ2n) is 6.59. The molecule has 3 rings (SSSR count). The van der Waals surface area contributed by atoms with E-state index in [9.17, 15) is 8.42 Å². The fourth-order valence-electron chi connectivity index (χ4n) is 2.59. The highest BCUT2D eigenvalue weighted by Crippen LogP contribution is 2.26. The molecule has 5 nitrogen and oxygen atoms in total. The van der Waals surface area contributed by atoms with Crippen LogP contribution in [0.4, 0.5) is 5.82 Å². The molecule has 0 radical (unpaired) electrons. The summed E-state index contributed by atoms with van der Waals surface area (Å²) in [4.78, 5) is 0.142. The maximum Gasteiger partial charge on any atom is 0.263 e. The van der Waals surface area contributed by atoms with E-state index < -0.39 is 10.0 Å². The molecule has 3 aromatic rings. The minimum atomic E-state index is -3.81. The fraction of sp³-hybridized carbons (Fsp3) is 0.211. The quantitative estimate of drug-likeness (QED) is 0.506. The molecule has 0 unspecified atom stereocenters. The second kappa shape index (κ2) is 8.33. The number of benzene rings is 2. The Balaban J connectivity index is 1.80. The number of aromatic nitrogens is 2. The molecule has 2 aromatic carbocycles. The van der Waals surface area contributed by atoms with Crippen LogP contribution in [-0.2, 0) is 16.6 Å². The summed E-state index contributed by atoms with van der Waals surface area (Å²) in [7, 11) is -3.81. The summed E-state index contributed by atoms with van der Waals surface area (Å²) in [5.41, 5.74) is 1.84. The Morgan fingerprint density at radius 3 is 2.32 bits per heavy atom. The summed E-state index contributed by atoms with van der Waals surface area (Å²) in [6, 6.07) is 11.8. The van der Waals surface area contributed by atoms with E-state index in [1.165, 1.54) is 10.9 Å². The molecule has 1 aromatic heterocycles. The van der Waals surface area contributed by atoms with Gasteiger partial charge in [-0.2, -0.15) is 5.10 Å². The van der Waals surface area contributed by atoms with Crippen molar-refractivity contribution in [3.05, 3.63) is 74.9 Å². The normalized spacial score (nSPS) is 11.8. The van der Waals surface area contributed by atoms with Crippen LogP contribution in [0.5, 0.6) is 0 Å². The first-order chi connectivity index (χ1) is 13.2. The van der Waals surface area contributed by atoms with E-state index in [1.54, 1.807) is 42.5 Å². The third kappa shape index (κ3) is 4.81. The average molecular weight is 459 g/mol. The minimum absolute atomic E-state index is 0.0553. The first-order valence-electron chi connectivity index (χ1n) is 8.45. The summed E-state index contributed by atoms with van der Waals surface area (Å²) in [5, 5.41) is 5.44. The molecule has 0 fully saturated rings. The monoisotopic (exact) mass is 457 g/mol. The molecule has 0 atom stereocenters. The molecule has 0 saturated heterocycles. The van der Waals surface area contributed by atoms with Gasteiger partial charge in [-0.1, -0.05) is 66.8 Å². The summed E-state index contributed by atoms with van der Waals surface area (Å²) < 4.78 is 29.2. The van der Waals surface area contributed by atoms with Gasteiger partial charge in [-0.3, -0.25) is 9.40 Å². The second-order valence-corrected chi connectivity index (χ2v) is 9.52. The van der Waals surface area contributed by atoms with Crippen molar-refractivity contribution in [2.24, 2.45) is 0 Å². The third-order valence-electron chi connectivity index (χ3n) is 4.15. The maximum absolute atomic E-state index is 12.6. The highest BCUT2D eigenvalue weighted by molar-refractivity contribution is 7.92. The lowest BCUT2D eigenvalue weighted by molar-refractivity contribution is 0.600. The van der Waals surface area contributed by atoms with E-state index in [0.717, 1.165) is 11.1 Å². The molecular weight excluding hydrogens is 441 g/mol. The van der Waals surface area contributed by atoms with Crippen molar-refractivity contribution in [2.75, 3.05) is 4.72 Å². The van der Waals surface area contributed by atoms with E-state index in [4.69, 9.17) is 34.8 Å². The van der Waals surface area contributed by atoms with E-state index in [1.807, 2.05) is 13.8 Å². The maximum atomic E-state index is 12.6. The highest BCUT2D eigenvalue weighted by Gasteiger charge is 2.19. The fourth-order valence-corrected chi connectivity index (χ4v) is 4.33. The molecule has 0 aliphatic rings. The molecule has 9 heteroatoms. The van der Waals surface area contributed by atoms with E-state index in [0.29, 0.717) is 22.5 Å². The molecule has 0 saturated carbocycles. The Labute approximate surface area is 179 Å². The van der Waals surface area contributed by atoms with E-state index in [2.05, 4.69) is 9.82 Å². The zero-order valence-electron chi connectivity index (χ0n) is 15.2. The third-order valence-corrected chi connectivity index (χ3v) is 6.37. The van der Waals surface area contributed by atoms with E-state index in [-0.39, 0.29) is 15.7 Å². The summed E-state index contributed by atoms with van der Waals surface area (Å²) >= 11 is 18.3. The number of rotatable bonds is 6. The number of sulfonamides is 1. The number of anilines is 1. The lowest BCUT2D eigenvalue weighted by atomic mass is 10.0. The van der Waals surface area contributed by atoms with Gasteiger partial charge in [0.2, 0.25) is 0 Å². The van der Waals surface area contributed by atoms with Gasteiger partial charge in [-0.25, -0.2) is 8.42 Å². The van der Waals surface area contributed by atoms with Crippen molar-refractivity contribution in [1.29, 1.82) is 0 Å². The predicted molar refractivity (Wildman–Crippen MR) is 114 cm³/mol. The molecule has 28 heavy (non-hydrogen) atoms. The van der Waals surface area contributed by atoms with Gasteiger partial charge in [-0.05, 0) is 41.3 Å². The van der Waals surface area contributed by atoms with Crippen molar-refractivity contribution in [1.82, 2.24) is 9.78 Å². The highest BCUT2D eigenvalue weighted by atomic mass is 35.5. The van der Waals surface area contributed by atoms with E-state index >= 15 is 0 Å². The summed E-state index contributed by atoms with van der Waals surface area (Å²) in [6.45, 7) is 4.41. The number of hydrogen-bond donors (Lipinski definition) is 1. The molecule has 148 valence electrons. The van der Waals surface area contributed by atoms with Crippen molar-refractivity contribution < 1.29 is 8.42 Å². The van der Waals surface area contributed by atoms with Gasteiger partial charge in [0.05, 0.1) is 11.4 Å². The van der Waals surface area contributed by atoms with Crippen molar-refractivity contribution in [2.45, 2.75) is 31.2 Å². The van der Waals surface area contributed by atoms with Gasteiger partial charge < -0.3 is 0 Å². The predicted octanol–water partition coefficient (Wildman–Crippen LogP) is 5.82. The van der Waals surface area contributed by atoms with Crippen molar-refractivity contribution in [3.63, 3.8) is 0 Å². The van der Waals surface area contributed by atoms with Crippen LogP contribution >= 0.6 is 34.8 Å². The van der Waals surface area contributed by atoms with Crippen LogP contribution in [0, 0.1) is 0 Å². The van der Waals surface area contributed by atoms with Crippen LogP contribution in [0.15, 0.2) is 53.6 Å². The largest absolute Gasteiger partial charge is 0.265 e. The van der Waals surface area contributed by atoms with Crippen LogP contribution in [0.3, 0.4) is 0 Å². The van der Waals surface area contributed by atoms with Crippen LogP contribution in [0.25, 0.3) is 0 Å². The van der Waals surface area contributed by atoms with Crippen LogP contribution in [0.1, 0.15) is 30.9 Å². The molecule has 0 spiro atoms. The standard InChI is InChI=1S/C19H18Cl3N3O2S/c1-12(2)13-4-7-16(8-5-13)28(26,27)24-19-18(22)11-25(23-19)10-14-3-6-15(20)9-17(14)21/h3-9,11-12H,10H2,1-2H3,(H,23,24). The molecule has 0 amide bonds. The van der Waals surface area contributed by atoms with Crippen LogP contribution < -0.4 is 4.72 Å².